The van der Waals surface area contributed by atoms with E-state index < -0.39 is 10.0 Å². The summed E-state index contributed by atoms with van der Waals surface area (Å²) in [5.74, 6) is 1.32. The number of piperidine rings is 2. The summed E-state index contributed by atoms with van der Waals surface area (Å²) in [5, 5.41) is 2.84. The van der Waals surface area contributed by atoms with Crippen LogP contribution >= 0.6 is 11.6 Å². The second-order valence-electron chi connectivity index (χ2n) is 10.4. The number of aromatic amines is 1. The number of ether oxygens (including phenoxy) is 1. The molecule has 1 atom stereocenters. The van der Waals surface area contributed by atoms with E-state index in [0.29, 0.717) is 24.7 Å². The van der Waals surface area contributed by atoms with E-state index in [0.717, 1.165) is 72.1 Å². The number of nitrogens with zero attached hydrogens (tertiary/aromatic N) is 4. The van der Waals surface area contributed by atoms with Crippen molar-refractivity contribution in [3.63, 3.8) is 0 Å². The fourth-order valence-corrected chi connectivity index (χ4v) is 7.91. The Morgan fingerprint density at radius 2 is 1.82 bits per heavy atom. The smallest absolute Gasteiger partial charge is 0.214 e. The standard InChI is InChI=1S/C28H32ClN5O3S/c29-22-3-5-23(6-4-22)37-18-21-2-1-13-34(17-21)38(35,36)19-20-9-14-33(15-10-20)26-8-12-30-25-16-32-28-24(27(25)26)7-11-31-28/h3-8,11-12,16,20-21H,1-2,9-10,13-15,17-19H2,(H,31,32). The molecule has 6 rings (SSSR count). The molecule has 200 valence electrons. The van der Waals surface area contributed by atoms with Crippen LogP contribution in [0, 0.1) is 11.8 Å². The Kier molecular flexibility index (Phi) is 7.16. The Balaban J connectivity index is 1.07. The predicted molar refractivity (Wildman–Crippen MR) is 151 cm³/mol. The highest BCUT2D eigenvalue weighted by atomic mass is 35.5. The molecule has 0 aliphatic carbocycles. The minimum atomic E-state index is -3.32. The summed E-state index contributed by atoms with van der Waals surface area (Å²) in [6.45, 7) is 3.28. The summed E-state index contributed by atoms with van der Waals surface area (Å²) in [6.07, 6.45) is 9.08. The van der Waals surface area contributed by atoms with E-state index >= 15 is 0 Å². The van der Waals surface area contributed by atoms with Gasteiger partial charge in [-0.05, 0) is 68.0 Å². The van der Waals surface area contributed by atoms with Crippen LogP contribution in [0.5, 0.6) is 5.75 Å². The fraction of sp³-hybridized carbons (Fsp3) is 0.429. The van der Waals surface area contributed by atoms with Crippen molar-refractivity contribution in [2.24, 2.45) is 11.8 Å². The Hall–Kier alpha value is -2.88. The lowest BCUT2D eigenvalue weighted by Gasteiger charge is -2.36. The number of fused-ring (bicyclic) bond motifs is 3. The summed E-state index contributed by atoms with van der Waals surface area (Å²) >= 11 is 5.95. The molecule has 0 amide bonds. The van der Waals surface area contributed by atoms with Crippen molar-refractivity contribution in [1.82, 2.24) is 19.3 Å². The van der Waals surface area contributed by atoms with Crippen LogP contribution in [-0.2, 0) is 10.0 Å². The van der Waals surface area contributed by atoms with Crippen LogP contribution in [0.4, 0.5) is 5.69 Å². The summed E-state index contributed by atoms with van der Waals surface area (Å²) < 4.78 is 34.4. The lowest BCUT2D eigenvalue weighted by molar-refractivity contribution is 0.179. The van der Waals surface area contributed by atoms with E-state index in [4.69, 9.17) is 16.3 Å². The van der Waals surface area contributed by atoms with E-state index in [1.807, 2.05) is 36.8 Å². The molecule has 0 bridgehead atoms. The molecule has 2 aliphatic heterocycles. The zero-order valence-corrected chi connectivity index (χ0v) is 22.8. The second kappa shape index (κ2) is 10.7. The Bertz CT molecular complexity index is 1520. The Morgan fingerprint density at radius 3 is 2.63 bits per heavy atom. The topological polar surface area (TPSA) is 91.4 Å². The highest BCUT2D eigenvalue weighted by molar-refractivity contribution is 7.89. The first-order valence-corrected chi connectivity index (χ1v) is 15.3. The van der Waals surface area contributed by atoms with Crippen LogP contribution in [0.3, 0.4) is 0 Å². The van der Waals surface area contributed by atoms with Gasteiger partial charge in [-0.15, -0.1) is 0 Å². The fourth-order valence-electron chi connectivity index (χ4n) is 5.80. The van der Waals surface area contributed by atoms with Gasteiger partial charge in [0.15, 0.2) is 0 Å². The van der Waals surface area contributed by atoms with Crippen molar-refractivity contribution in [2.45, 2.75) is 25.7 Å². The third kappa shape index (κ3) is 5.32. The number of hydrogen-bond donors (Lipinski definition) is 1. The molecule has 5 heterocycles. The number of hydrogen-bond acceptors (Lipinski definition) is 6. The molecule has 2 saturated heterocycles. The van der Waals surface area contributed by atoms with Crippen molar-refractivity contribution in [1.29, 1.82) is 0 Å². The van der Waals surface area contributed by atoms with Crippen LogP contribution in [0.1, 0.15) is 25.7 Å². The minimum Gasteiger partial charge on any atom is -0.493 e. The van der Waals surface area contributed by atoms with Gasteiger partial charge in [0.1, 0.15) is 11.4 Å². The number of rotatable bonds is 7. The maximum atomic E-state index is 13.4. The number of sulfonamides is 1. The Labute approximate surface area is 228 Å². The van der Waals surface area contributed by atoms with Gasteiger partial charge >= 0.3 is 0 Å². The molecule has 0 saturated carbocycles. The summed E-state index contributed by atoms with van der Waals surface area (Å²) in [4.78, 5) is 14.5. The molecule has 1 aromatic carbocycles. The lowest BCUT2D eigenvalue weighted by Crippen LogP contribution is -2.45. The average molecular weight is 554 g/mol. The first-order valence-electron chi connectivity index (χ1n) is 13.3. The first-order chi connectivity index (χ1) is 18.5. The van der Waals surface area contributed by atoms with Crippen LogP contribution in [-0.4, -0.2) is 66.2 Å². The summed E-state index contributed by atoms with van der Waals surface area (Å²) in [7, 11) is -3.32. The van der Waals surface area contributed by atoms with Gasteiger partial charge in [-0.1, -0.05) is 11.6 Å². The van der Waals surface area contributed by atoms with E-state index in [9.17, 15) is 8.42 Å². The molecule has 0 radical (unpaired) electrons. The minimum absolute atomic E-state index is 0.156. The number of nitrogens with one attached hydrogen (secondary N) is 1. The van der Waals surface area contributed by atoms with Crippen LogP contribution in [0.2, 0.25) is 5.02 Å². The van der Waals surface area contributed by atoms with Gasteiger partial charge < -0.3 is 14.6 Å². The first kappa shape index (κ1) is 25.4. The van der Waals surface area contributed by atoms with Gasteiger partial charge in [-0.25, -0.2) is 17.7 Å². The van der Waals surface area contributed by atoms with E-state index in [1.165, 1.54) is 0 Å². The Morgan fingerprint density at radius 1 is 1.00 bits per heavy atom. The van der Waals surface area contributed by atoms with Crippen LogP contribution in [0.25, 0.3) is 21.9 Å². The number of benzene rings is 1. The van der Waals surface area contributed by atoms with Crippen molar-refractivity contribution in [2.75, 3.05) is 43.4 Å². The van der Waals surface area contributed by atoms with Crippen molar-refractivity contribution < 1.29 is 13.2 Å². The average Bonchev–Trinajstić information content (AvgIpc) is 3.42. The quantitative estimate of drug-likeness (QED) is 0.342. The molecule has 3 aromatic heterocycles. The van der Waals surface area contributed by atoms with Crippen molar-refractivity contribution in [3.8, 4) is 5.75 Å². The number of anilines is 1. The number of aromatic nitrogens is 3. The van der Waals surface area contributed by atoms with E-state index in [-0.39, 0.29) is 17.6 Å². The normalized spacial score (nSPS) is 19.8. The highest BCUT2D eigenvalue weighted by Gasteiger charge is 2.33. The second-order valence-corrected chi connectivity index (χ2v) is 12.9. The zero-order valence-electron chi connectivity index (χ0n) is 21.2. The molecule has 10 heteroatoms. The van der Waals surface area contributed by atoms with Gasteiger partial charge in [0.05, 0.1) is 24.1 Å². The van der Waals surface area contributed by atoms with Crippen molar-refractivity contribution >= 4 is 49.2 Å². The molecule has 0 spiro atoms. The van der Waals surface area contributed by atoms with Gasteiger partial charge in [0.2, 0.25) is 10.0 Å². The third-order valence-electron chi connectivity index (χ3n) is 7.84. The molecular formula is C28H32ClN5O3S. The zero-order chi connectivity index (χ0) is 26.1. The van der Waals surface area contributed by atoms with Gasteiger partial charge in [-0.2, -0.15) is 0 Å². The molecule has 2 fully saturated rings. The predicted octanol–water partition coefficient (Wildman–Crippen LogP) is 5.10. The SMILES string of the molecule is O=S(=O)(CC1CCN(c2ccnc3cnc4[nH]ccc4c23)CC1)N1CCCC(COc2ccc(Cl)cc2)C1. The maximum Gasteiger partial charge on any atom is 0.214 e. The number of pyridine rings is 2. The lowest BCUT2D eigenvalue weighted by atomic mass is 9.98. The molecule has 4 aromatic rings. The van der Waals surface area contributed by atoms with Crippen LogP contribution < -0.4 is 9.64 Å². The van der Waals surface area contributed by atoms with Gasteiger partial charge in [-0.3, -0.25) is 4.98 Å². The maximum absolute atomic E-state index is 13.4. The summed E-state index contributed by atoms with van der Waals surface area (Å²) in [5.41, 5.74) is 2.87. The van der Waals surface area contributed by atoms with Gasteiger partial charge in [0, 0.05) is 66.0 Å². The molecule has 1 N–H and O–H groups in total. The molecular weight excluding hydrogens is 522 g/mol. The molecule has 8 nitrogen and oxygen atoms in total. The molecule has 38 heavy (non-hydrogen) atoms. The van der Waals surface area contributed by atoms with Crippen LogP contribution in [0.15, 0.2) is 55.0 Å². The number of H-pyrrole nitrogens is 1. The molecule has 2 aliphatic rings. The third-order valence-corrected chi connectivity index (χ3v) is 10.1. The van der Waals surface area contributed by atoms with Crippen molar-refractivity contribution in [3.05, 3.63) is 60.0 Å². The monoisotopic (exact) mass is 553 g/mol. The van der Waals surface area contributed by atoms with Gasteiger partial charge in [0.25, 0.3) is 0 Å². The largest absolute Gasteiger partial charge is 0.493 e. The number of halogens is 1. The summed E-state index contributed by atoms with van der Waals surface area (Å²) in [6, 6.07) is 11.4. The van der Waals surface area contributed by atoms with E-state index in [1.54, 1.807) is 16.4 Å². The van der Waals surface area contributed by atoms with E-state index in [2.05, 4.69) is 25.9 Å². The molecule has 1 unspecified atom stereocenters. The highest BCUT2D eigenvalue weighted by Crippen LogP contribution is 2.34.